The molecule has 1 fully saturated rings. The second-order valence-corrected chi connectivity index (χ2v) is 8.84. The van der Waals surface area contributed by atoms with E-state index < -0.39 is 0 Å². The lowest BCUT2D eigenvalue weighted by Crippen LogP contribution is -2.35. The summed E-state index contributed by atoms with van der Waals surface area (Å²) < 4.78 is 12.0. The van der Waals surface area contributed by atoms with E-state index in [-0.39, 0.29) is 6.10 Å². The Hall–Kier alpha value is -2.90. The molecule has 0 aliphatic carbocycles. The molecule has 6 nitrogen and oxygen atoms in total. The van der Waals surface area contributed by atoms with Gasteiger partial charge in [-0.2, -0.15) is 0 Å². The summed E-state index contributed by atoms with van der Waals surface area (Å²) >= 11 is 1.63. The van der Waals surface area contributed by atoms with E-state index in [2.05, 4.69) is 45.0 Å². The van der Waals surface area contributed by atoms with Crippen molar-refractivity contribution >= 4 is 28.9 Å². The van der Waals surface area contributed by atoms with Crippen molar-refractivity contribution in [3.05, 3.63) is 53.5 Å². The first-order valence-corrected chi connectivity index (χ1v) is 11.4. The molecule has 0 atom stereocenters. The number of benzene rings is 2. The van der Waals surface area contributed by atoms with Crippen molar-refractivity contribution in [2.75, 3.05) is 38.8 Å². The fourth-order valence-electron chi connectivity index (χ4n) is 4.12. The van der Waals surface area contributed by atoms with E-state index >= 15 is 0 Å². The Bertz CT molecular complexity index is 1080. The Labute approximate surface area is 186 Å². The summed E-state index contributed by atoms with van der Waals surface area (Å²) in [6.45, 7) is 2.68. The van der Waals surface area contributed by atoms with Gasteiger partial charge in [0.05, 0.1) is 18.4 Å². The molecule has 5 rings (SSSR count). The largest absolute Gasteiger partial charge is 0.497 e. The third kappa shape index (κ3) is 4.16. The molecule has 0 saturated carbocycles. The summed E-state index contributed by atoms with van der Waals surface area (Å²) in [5.41, 5.74) is 4.23. The van der Waals surface area contributed by atoms with Gasteiger partial charge in [0.1, 0.15) is 29.3 Å². The van der Waals surface area contributed by atoms with Gasteiger partial charge in [-0.15, -0.1) is 11.3 Å². The molecule has 3 aromatic rings. The highest BCUT2D eigenvalue weighted by molar-refractivity contribution is 7.13. The number of aliphatic imine (C=N–C) groups is 1. The van der Waals surface area contributed by atoms with E-state index in [1.165, 1.54) is 0 Å². The number of thiazole rings is 1. The molecule has 0 unspecified atom stereocenters. The lowest BCUT2D eigenvalue weighted by Gasteiger charge is -2.32. The van der Waals surface area contributed by atoms with Crippen molar-refractivity contribution in [2.24, 2.45) is 4.99 Å². The number of nitrogens with zero attached hydrogens (tertiary/aromatic N) is 4. The van der Waals surface area contributed by atoms with Crippen LogP contribution in [0.15, 0.2) is 53.0 Å². The number of hydrogen-bond acceptors (Lipinski definition) is 7. The Morgan fingerprint density at radius 2 is 2.00 bits per heavy atom. The first kappa shape index (κ1) is 20.0. The smallest absolute Gasteiger partial charge is 0.132 e. The average Bonchev–Trinajstić information content (AvgIpc) is 3.34. The second kappa shape index (κ2) is 8.69. The van der Waals surface area contributed by atoms with Crippen molar-refractivity contribution in [1.29, 1.82) is 0 Å². The first-order valence-electron chi connectivity index (χ1n) is 10.6. The van der Waals surface area contributed by atoms with Crippen molar-refractivity contribution in [1.82, 2.24) is 9.88 Å². The highest BCUT2D eigenvalue weighted by atomic mass is 32.1. The van der Waals surface area contributed by atoms with Crippen molar-refractivity contribution in [2.45, 2.75) is 18.9 Å². The monoisotopic (exact) mass is 434 g/mol. The maximum Gasteiger partial charge on any atom is 0.132 e. The third-order valence-corrected chi connectivity index (χ3v) is 6.67. The van der Waals surface area contributed by atoms with Crippen LogP contribution in [0.1, 0.15) is 18.4 Å². The lowest BCUT2D eigenvalue weighted by atomic mass is 10.0. The average molecular weight is 435 g/mol. The Balaban J connectivity index is 1.55. The van der Waals surface area contributed by atoms with Crippen LogP contribution < -0.4 is 14.4 Å². The Morgan fingerprint density at radius 1 is 1.13 bits per heavy atom. The summed E-state index contributed by atoms with van der Waals surface area (Å²) in [5, 5.41) is 2.97. The molecule has 3 heterocycles. The summed E-state index contributed by atoms with van der Waals surface area (Å²) in [6, 6.07) is 12.4. The quantitative estimate of drug-likeness (QED) is 0.576. The van der Waals surface area contributed by atoms with Crippen LogP contribution in [0, 0.1) is 0 Å². The minimum absolute atomic E-state index is 0.218. The number of hydrogen-bond donors (Lipinski definition) is 0. The van der Waals surface area contributed by atoms with Crippen molar-refractivity contribution in [3.63, 3.8) is 0 Å². The molecule has 0 N–H and O–H groups in total. The van der Waals surface area contributed by atoms with E-state index in [1.54, 1.807) is 18.4 Å². The highest BCUT2D eigenvalue weighted by Gasteiger charge is 2.24. The van der Waals surface area contributed by atoms with Gasteiger partial charge in [-0.3, -0.25) is 4.99 Å². The highest BCUT2D eigenvalue weighted by Crippen LogP contribution is 2.41. The van der Waals surface area contributed by atoms with E-state index in [0.717, 1.165) is 64.9 Å². The van der Waals surface area contributed by atoms with Crippen LogP contribution in [-0.4, -0.2) is 56.1 Å². The molecule has 31 heavy (non-hydrogen) atoms. The van der Waals surface area contributed by atoms with E-state index in [1.807, 2.05) is 36.0 Å². The van der Waals surface area contributed by atoms with Gasteiger partial charge in [-0.1, -0.05) is 6.07 Å². The van der Waals surface area contributed by atoms with Gasteiger partial charge >= 0.3 is 0 Å². The topological polar surface area (TPSA) is 50.2 Å². The van der Waals surface area contributed by atoms with Crippen LogP contribution >= 0.6 is 11.3 Å². The molecule has 1 aromatic heterocycles. The third-order valence-electron chi connectivity index (χ3n) is 5.86. The number of fused-ring (bicyclic) bond motifs is 1. The van der Waals surface area contributed by atoms with Gasteiger partial charge in [0.15, 0.2) is 0 Å². The lowest BCUT2D eigenvalue weighted by molar-refractivity contribution is 0.115. The maximum absolute atomic E-state index is 6.60. The van der Waals surface area contributed by atoms with Gasteiger partial charge in [0.25, 0.3) is 0 Å². The predicted molar refractivity (Wildman–Crippen MR) is 126 cm³/mol. The van der Waals surface area contributed by atoms with Gasteiger partial charge in [0, 0.05) is 54.3 Å². The van der Waals surface area contributed by atoms with Crippen molar-refractivity contribution in [3.8, 4) is 22.1 Å². The molecule has 2 aromatic carbocycles. The molecule has 0 bridgehead atoms. The molecular weight excluding hydrogens is 408 g/mol. The van der Waals surface area contributed by atoms with Crippen molar-refractivity contribution < 1.29 is 9.47 Å². The fraction of sp³-hybridized carbons (Fsp3) is 0.333. The molecule has 2 aliphatic heterocycles. The summed E-state index contributed by atoms with van der Waals surface area (Å²) in [6.07, 6.45) is 6.07. The number of anilines is 2. The molecule has 0 spiro atoms. The number of likely N-dealkylation sites (tertiary alicyclic amines) is 1. The number of ether oxygens (including phenoxy) is 2. The maximum atomic E-state index is 6.60. The summed E-state index contributed by atoms with van der Waals surface area (Å²) in [5.74, 6) is 1.72. The molecule has 0 amide bonds. The fourth-order valence-corrected chi connectivity index (χ4v) is 4.78. The number of rotatable bonds is 5. The summed E-state index contributed by atoms with van der Waals surface area (Å²) in [4.78, 5) is 13.7. The van der Waals surface area contributed by atoms with E-state index in [4.69, 9.17) is 9.47 Å². The Kier molecular flexibility index (Phi) is 5.61. The van der Waals surface area contributed by atoms with Crippen LogP contribution in [0.3, 0.4) is 0 Å². The van der Waals surface area contributed by atoms with E-state index in [9.17, 15) is 0 Å². The molecule has 7 heteroatoms. The minimum atomic E-state index is 0.218. The first-order chi connectivity index (χ1) is 15.2. The predicted octanol–water partition coefficient (Wildman–Crippen LogP) is 4.82. The minimum Gasteiger partial charge on any atom is -0.497 e. The van der Waals surface area contributed by atoms with Crippen LogP contribution in [0.25, 0.3) is 10.6 Å². The zero-order valence-electron chi connectivity index (χ0n) is 17.8. The second-order valence-electron chi connectivity index (χ2n) is 7.95. The zero-order valence-corrected chi connectivity index (χ0v) is 18.6. The van der Waals surface area contributed by atoms with Gasteiger partial charge in [-0.25, -0.2) is 4.98 Å². The normalized spacial score (nSPS) is 16.9. The number of piperidine rings is 1. The molecule has 160 valence electrons. The van der Waals surface area contributed by atoms with E-state index in [0.29, 0.717) is 6.67 Å². The molecule has 2 aliphatic rings. The van der Waals surface area contributed by atoms with Gasteiger partial charge in [-0.05, 0) is 38.1 Å². The molecule has 0 radical (unpaired) electrons. The zero-order chi connectivity index (χ0) is 21.2. The number of methoxy groups -OCH3 is 1. The van der Waals surface area contributed by atoms with Crippen LogP contribution in [0.4, 0.5) is 11.4 Å². The van der Waals surface area contributed by atoms with Crippen LogP contribution in [0.5, 0.6) is 11.5 Å². The van der Waals surface area contributed by atoms with Gasteiger partial charge in [0.2, 0.25) is 0 Å². The van der Waals surface area contributed by atoms with Crippen LogP contribution in [0.2, 0.25) is 0 Å². The number of aromatic nitrogens is 1. The summed E-state index contributed by atoms with van der Waals surface area (Å²) in [7, 11) is 3.86. The Morgan fingerprint density at radius 3 is 2.77 bits per heavy atom. The van der Waals surface area contributed by atoms with Gasteiger partial charge < -0.3 is 19.3 Å². The molecule has 1 saturated heterocycles. The standard InChI is InChI=1S/C24H26N4O2S/c1-27-9-6-19(7-10-27)30-23-14-22-17(12-21(23)24-26-8-11-31-24)15-25-16-28(22)18-4-3-5-20(13-18)29-2/h3-5,8,11-15,19H,6-7,9-10,16H2,1-2H3. The van der Waals surface area contributed by atoms with Crippen LogP contribution in [-0.2, 0) is 0 Å². The molecular formula is C24H26N4O2S. The SMILES string of the molecule is COc1cccc(N2CN=Cc3cc(-c4nccs4)c(OC4CCN(C)CC4)cc32)c1.